The van der Waals surface area contributed by atoms with Gasteiger partial charge < -0.3 is 5.11 Å². The summed E-state index contributed by atoms with van der Waals surface area (Å²) in [4.78, 5) is 0.216. The van der Waals surface area contributed by atoms with Crippen molar-refractivity contribution in [1.29, 1.82) is 0 Å². The molecule has 0 spiro atoms. The van der Waals surface area contributed by atoms with Gasteiger partial charge in [0.05, 0.1) is 10.5 Å². The number of sulfonamides is 1. The van der Waals surface area contributed by atoms with Crippen molar-refractivity contribution in [3.8, 4) is 0 Å². The lowest BCUT2D eigenvalue weighted by atomic mass is 9.95. The topological polar surface area (TPSA) is 66.4 Å². The van der Waals surface area contributed by atoms with Crippen molar-refractivity contribution in [2.24, 2.45) is 5.92 Å². The third-order valence-corrected chi connectivity index (χ3v) is 4.75. The maximum absolute atomic E-state index is 12.1. The Bertz CT molecular complexity index is 509. The Labute approximate surface area is 128 Å². The molecule has 0 radical (unpaired) electrons. The van der Waals surface area contributed by atoms with Gasteiger partial charge in [0.25, 0.3) is 0 Å². The summed E-state index contributed by atoms with van der Waals surface area (Å²) in [7, 11) is -3.56. The second-order valence-corrected chi connectivity index (χ2v) is 8.39. The first kappa shape index (κ1) is 16.9. The van der Waals surface area contributed by atoms with Gasteiger partial charge in [0.15, 0.2) is 0 Å². The number of benzene rings is 1. The van der Waals surface area contributed by atoms with Crippen molar-refractivity contribution >= 4 is 32.6 Å². The Morgan fingerprint density at radius 3 is 2.32 bits per heavy atom. The van der Waals surface area contributed by atoms with E-state index in [1.54, 1.807) is 31.2 Å². The molecule has 0 aliphatic rings. The summed E-state index contributed by atoms with van der Waals surface area (Å²) in [6.45, 7) is 5.63. The Hall–Kier alpha value is -0.180. The predicted octanol–water partition coefficient (Wildman–Crippen LogP) is 2.37. The van der Waals surface area contributed by atoms with Gasteiger partial charge in [-0.25, -0.2) is 13.1 Å². The lowest BCUT2D eigenvalue weighted by molar-refractivity contribution is 0.0437. The molecule has 4 nitrogen and oxygen atoms in total. The molecule has 0 aliphatic heterocycles. The van der Waals surface area contributed by atoms with Gasteiger partial charge >= 0.3 is 0 Å². The second kappa shape index (κ2) is 6.51. The minimum atomic E-state index is -3.56. The molecule has 0 saturated carbocycles. The molecule has 0 amide bonds. The maximum Gasteiger partial charge on any atom is 0.240 e. The molecule has 0 heterocycles. The highest BCUT2D eigenvalue weighted by Crippen LogP contribution is 2.17. The van der Waals surface area contributed by atoms with E-state index in [9.17, 15) is 13.5 Å². The minimum Gasteiger partial charge on any atom is -0.389 e. The van der Waals surface area contributed by atoms with Crippen LogP contribution in [0.5, 0.6) is 0 Å². The summed E-state index contributed by atoms with van der Waals surface area (Å²) in [5, 5.41) is 10.1. The van der Waals surface area contributed by atoms with E-state index in [0.717, 1.165) is 3.57 Å². The Balaban J connectivity index is 2.73. The van der Waals surface area contributed by atoms with Gasteiger partial charge in [0.2, 0.25) is 10.0 Å². The highest BCUT2D eigenvalue weighted by atomic mass is 127. The molecule has 6 heteroatoms. The van der Waals surface area contributed by atoms with E-state index in [2.05, 4.69) is 27.3 Å². The van der Waals surface area contributed by atoms with E-state index in [1.807, 2.05) is 13.8 Å². The SMILES string of the molecule is CC(C)CC(C)(O)CNS(=O)(=O)c1ccc(I)cc1. The monoisotopic (exact) mass is 397 g/mol. The van der Waals surface area contributed by atoms with Crippen LogP contribution in [-0.4, -0.2) is 25.7 Å². The molecule has 1 aromatic carbocycles. The van der Waals surface area contributed by atoms with Gasteiger partial charge in [-0.1, -0.05) is 13.8 Å². The molecule has 0 saturated heterocycles. The van der Waals surface area contributed by atoms with Crippen LogP contribution in [0.2, 0.25) is 0 Å². The predicted molar refractivity (Wildman–Crippen MR) is 84.4 cm³/mol. The molecule has 1 atom stereocenters. The van der Waals surface area contributed by atoms with E-state index >= 15 is 0 Å². The van der Waals surface area contributed by atoms with Gasteiger partial charge in [-0.05, 0) is 66.1 Å². The number of nitrogens with one attached hydrogen (secondary N) is 1. The van der Waals surface area contributed by atoms with E-state index in [0.29, 0.717) is 12.3 Å². The van der Waals surface area contributed by atoms with E-state index in [-0.39, 0.29) is 11.4 Å². The van der Waals surface area contributed by atoms with Crippen LogP contribution in [0.15, 0.2) is 29.2 Å². The van der Waals surface area contributed by atoms with Gasteiger partial charge in [-0.2, -0.15) is 0 Å². The van der Waals surface area contributed by atoms with Crippen LogP contribution in [0.4, 0.5) is 0 Å². The van der Waals surface area contributed by atoms with E-state index < -0.39 is 15.6 Å². The number of rotatable bonds is 6. The van der Waals surface area contributed by atoms with Crippen LogP contribution >= 0.6 is 22.6 Å². The fourth-order valence-electron chi connectivity index (χ4n) is 1.90. The smallest absolute Gasteiger partial charge is 0.240 e. The molecule has 19 heavy (non-hydrogen) atoms. The van der Waals surface area contributed by atoms with Crippen molar-refractivity contribution in [2.75, 3.05) is 6.54 Å². The number of aliphatic hydroxyl groups is 1. The zero-order valence-corrected chi connectivity index (χ0v) is 14.3. The molecule has 1 rings (SSSR count). The average molecular weight is 397 g/mol. The van der Waals surface area contributed by atoms with Gasteiger partial charge in [0, 0.05) is 10.1 Å². The molecule has 2 N–H and O–H groups in total. The molecule has 0 fully saturated rings. The Morgan fingerprint density at radius 1 is 1.32 bits per heavy atom. The summed E-state index contributed by atoms with van der Waals surface area (Å²) in [6.07, 6.45) is 0.544. The number of halogens is 1. The van der Waals surface area contributed by atoms with Crippen molar-refractivity contribution < 1.29 is 13.5 Å². The minimum absolute atomic E-state index is 0.0134. The van der Waals surface area contributed by atoms with Crippen LogP contribution in [-0.2, 0) is 10.0 Å². The fraction of sp³-hybridized carbons (Fsp3) is 0.538. The van der Waals surface area contributed by atoms with Crippen molar-refractivity contribution in [2.45, 2.75) is 37.7 Å². The number of hydrogen-bond acceptors (Lipinski definition) is 3. The summed E-state index contributed by atoms with van der Waals surface area (Å²) >= 11 is 2.12. The first-order chi connectivity index (χ1) is 8.62. The first-order valence-corrected chi connectivity index (χ1v) is 8.66. The third-order valence-electron chi connectivity index (χ3n) is 2.61. The number of hydrogen-bond donors (Lipinski definition) is 2. The van der Waals surface area contributed by atoms with Crippen molar-refractivity contribution in [3.05, 3.63) is 27.8 Å². The fourth-order valence-corrected chi connectivity index (χ4v) is 3.42. The largest absolute Gasteiger partial charge is 0.389 e. The van der Waals surface area contributed by atoms with Crippen LogP contribution in [0.25, 0.3) is 0 Å². The average Bonchev–Trinajstić information content (AvgIpc) is 2.26. The van der Waals surface area contributed by atoms with Gasteiger partial charge in [-0.15, -0.1) is 0 Å². The molecule has 0 aromatic heterocycles. The van der Waals surface area contributed by atoms with Crippen molar-refractivity contribution in [1.82, 2.24) is 4.72 Å². The molecule has 108 valence electrons. The molecular formula is C13H20INO3S. The zero-order chi connectivity index (χ0) is 14.7. The lowest BCUT2D eigenvalue weighted by Gasteiger charge is -2.25. The van der Waals surface area contributed by atoms with Crippen LogP contribution in [0.1, 0.15) is 27.2 Å². The van der Waals surface area contributed by atoms with Crippen LogP contribution < -0.4 is 4.72 Å². The summed E-state index contributed by atoms with van der Waals surface area (Å²) in [6, 6.07) is 6.59. The Kier molecular flexibility index (Phi) is 5.78. The summed E-state index contributed by atoms with van der Waals surface area (Å²) in [5.41, 5.74) is -1.04. The maximum atomic E-state index is 12.1. The standard InChI is InChI=1S/C13H20INO3S/c1-10(2)8-13(3,16)9-15-19(17,18)12-6-4-11(14)5-7-12/h4-7,10,15-16H,8-9H2,1-3H3. The zero-order valence-electron chi connectivity index (χ0n) is 11.4. The molecule has 0 bridgehead atoms. The summed E-state index contributed by atoms with van der Waals surface area (Å²) in [5.74, 6) is 0.304. The van der Waals surface area contributed by atoms with Crippen LogP contribution in [0, 0.1) is 9.49 Å². The second-order valence-electron chi connectivity index (χ2n) is 5.37. The molecular weight excluding hydrogens is 377 g/mol. The molecule has 1 unspecified atom stereocenters. The summed E-state index contributed by atoms with van der Waals surface area (Å²) < 4.78 is 27.5. The van der Waals surface area contributed by atoms with E-state index in [4.69, 9.17) is 0 Å². The molecule has 1 aromatic rings. The highest BCUT2D eigenvalue weighted by molar-refractivity contribution is 14.1. The van der Waals surface area contributed by atoms with Gasteiger partial charge in [-0.3, -0.25) is 0 Å². The van der Waals surface area contributed by atoms with E-state index in [1.165, 1.54) is 0 Å². The Morgan fingerprint density at radius 2 is 1.84 bits per heavy atom. The quantitative estimate of drug-likeness (QED) is 0.725. The molecule has 0 aliphatic carbocycles. The van der Waals surface area contributed by atoms with Crippen molar-refractivity contribution in [3.63, 3.8) is 0 Å². The highest BCUT2D eigenvalue weighted by Gasteiger charge is 2.25. The third kappa shape index (κ3) is 5.76. The normalized spacial score (nSPS) is 15.5. The van der Waals surface area contributed by atoms with Gasteiger partial charge in [0.1, 0.15) is 0 Å². The van der Waals surface area contributed by atoms with Crippen LogP contribution in [0.3, 0.4) is 0 Å². The lowest BCUT2D eigenvalue weighted by Crippen LogP contribution is -2.41. The first-order valence-electron chi connectivity index (χ1n) is 6.10.